The lowest BCUT2D eigenvalue weighted by molar-refractivity contribution is -0.117. The predicted molar refractivity (Wildman–Crippen MR) is 79.5 cm³/mol. The van der Waals surface area contributed by atoms with Crippen molar-refractivity contribution in [2.75, 3.05) is 19.0 Å². The molecule has 0 bridgehead atoms. The van der Waals surface area contributed by atoms with Crippen molar-refractivity contribution in [2.45, 2.75) is 12.5 Å². The molecule has 1 unspecified atom stereocenters. The molecule has 8 heteroatoms. The number of hydrogen-bond acceptors (Lipinski definition) is 5. The number of hydrogen-bond donors (Lipinski definition) is 2. The van der Waals surface area contributed by atoms with E-state index in [2.05, 4.69) is 15.4 Å². The lowest BCUT2D eigenvalue weighted by atomic mass is 10.2. The van der Waals surface area contributed by atoms with Gasteiger partial charge in [-0.05, 0) is 24.6 Å². The fourth-order valence-electron chi connectivity index (χ4n) is 1.74. The lowest BCUT2D eigenvalue weighted by Crippen LogP contribution is -2.36. The molecule has 7 nitrogen and oxygen atoms in total. The van der Waals surface area contributed by atoms with E-state index in [1.807, 2.05) is 0 Å². The minimum Gasteiger partial charge on any atom is -0.385 e. The molecular weight excluding hydrogens is 294 g/mol. The van der Waals surface area contributed by atoms with Crippen LogP contribution in [-0.4, -0.2) is 40.4 Å². The van der Waals surface area contributed by atoms with E-state index in [1.54, 1.807) is 25.3 Å². The van der Waals surface area contributed by atoms with Crippen molar-refractivity contribution in [1.29, 1.82) is 0 Å². The summed E-state index contributed by atoms with van der Waals surface area (Å²) in [5.74, 6) is -0.310. The van der Waals surface area contributed by atoms with Crippen molar-refractivity contribution in [3.05, 3.63) is 35.9 Å². The number of benzene rings is 1. The minimum absolute atomic E-state index is 0.310. The van der Waals surface area contributed by atoms with Crippen LogP contribution in [0.3, 0.4) is 0 Å². The summed E-state index contributed by atoms with van der Waals surface area (Å²) in [4.78, 5) is 16.0. The smallest absolute Gasteiger partial charge is 0.241 e. The van der Waals surface area contributed by atoms with Crippen LogP contribution < -0.4 is 11.1 Å². The van der Waals surface area contributed by atoms with Gasteiger partial charge in [-0.1, -0.05) is 11.6 Å². The zero-order chi connectivity index (χ0) is 15.2. The molecule has 0 saturated heterocycles. The van der Waals surface area contributed by atoms with Crippen LogP contribution in [-0.2, 0) is 9.53 Å². The highest BCUT2D eigenvalue weighted by Crippen LogP contribution is 2.24. The van der Waals surface area contributed by atoms with Gasteiger partial charge in [-0.15, -0.1) is 0 Å². The van der Waals surface area contributed by atoms with Gasteiger partial charge >= 0.3 is 0 Å². The summed E-state index contributed by atoms with van der Waals surface area (Å²) in [5.41, 5.74) is 6.97. The maximum absolute atomic E-state index is 12.1. The molecule has 1 amide bonds. The Morgan fingerprint density at radius 3 is 3.05 bits per heavy atom. The number of nitrogens with two attached hydrogens (primary N) is 1. The van der Waals surface area contributed by atoms with Gasteiger partial charge in [0.05, 0.1) is 17.4 Å². The quantitative estimate of drug-likeness (QED) is 0.836. The fourth-order valence-corrected chi connectivity index (χ4v) is 1.91. The van der Waals surface area contributed by atoms with E-state index in [-0.39, 0.29) is 5.91 Å². The van der Waals surface area contributed by atoms with Gasteiger partial charge in [-0.3, -0.25) is 4.79 Å². The van der Waals surface area contributed by atoms with Crippen molar-refractivity contribution in [3.63, 3.8) is 0 Å². The molecule has 112 valence electrons. The number of aromatic nitrogens is 3. The summed E-state index contributed by atoms with van der Waals surface area (Å²) >= 11 is 5.98. The third kappa shape index (κ3) is 4.01. The van der Waals surface area contributed by atoms with E-state index in [4.69, 9.17) is 22.1 Å². The second-order valence-corrected chi connectivity index (χ2v) is 4.82. The molecule has 21 heavy (non-hydrogen) atoms. The number of halogens is 1. The minimum atomic E-state index is -0.660. The maximum atomic E-state index is 12.1. The fraction of sp³-hybridized carbons (Fsp3) is 0.308. The van der Waals surface area contributed by atoms with E-state index in [9.17, 15) is 4.79 Å². The average Bonchev–Trinajstić information content (AvgIpc) is 2.98. The Morgan fingerprint density at radius 1 is 1.57 bits per heavy atom. The standard InChI is InChI=1S/C13H16ClN5O2/c1-21-5-4-10(15)13(20)18-11-6-9(14)2-3-12(11)19-8-16-7-17-19/h2-3,6-8,10H,4-5,15H2,1H3,(H,18,20). The van der Waals surface area contributed by atoms with Gasteiger partial charge in [0.1, 0.15) is 12.7 Å². The van der Waals surface area contributed by atoms with Crippen molar-refractivity contribution >= 4 is 23.2 Å². The SMILES string of the molecule is COCCC(N)C(=O)Nc1cc(Cl)ccc1-n1cncn1. The number of ether oxygens (including phenoxy) is 1. The molecule has 1 heterocycles. The summed E-state index contributed by atoms with van der Waals surface area (Å²) in [7, 11) is 1.56. The second-order valence-electron chi connectivity index (χ2n) is 4.38. The first-order valence-corrected chi connectivity index (χ1v) is 6.69. The normalized spacial score (nSPS) is 12.1. The Bertz CT molecular complexity index is 603. The van der Waals surface area contributed by atoms with Crippen molar-refractivity contribution < 1.29 is 9.53 Å². The zero-order valence-corrected chi connectivity index (χ0v) is 12.2. The van der Waals surface area contributed by atoms with E-state index >= 15 is 0 Å². The molecule has 2 aromatic rings. The number of rotatable bonds is 6. The van der Waals surface area contributed by atoms with Gasteiger partial charge in [0.15, 0.2) is 0 Å². The zero-order valence-electron chi connectivity index (χ0n) is 11.5. The first-order valence-electron chi connectivity index (χ1n) is 6.31. The third-order valence-electron chi connectivity index (χ3n) is 2.85. The summed E-state index contributed by atoms with van der Waals surface area (Å²) in [6.07, 6.45) is 3.37. The second kappa shape index (κ2) is 7.16. The highest BCUT2D eigenvalue weighted by atomic mass is 35.5. The highest BCUT2D eigenvalue weighted by Gasteiger charge is 2.16. The molecule has 0 radical (unpaired) electrons. The molecule has 0 spiro atoms. The van der Waals surface area contributed by atoms with Crippen LogP contribution in [0.1, 0.15) is 6.42 Å². The molecule has 1 aromatic carbocycles. The Balaban J connectivity index is 2.19. The van der Waals surface area contributed by atoms with Crippen LogP contribution in [0.2, 0.25) is 5.02 Å². The van der Waals surface area contributed by atoms with Crippen LogP contribution in [0.5, 0.6) is 0 Å². The number of amides is 1. The molecule has 1 atom stereocenters. The number of methoxy groups -OCH3 is 1. The molecule has 1 aromatic heterocycles. The van der Waals surface area contributed by atoms with Gasteiger partial charge < -0.3 is 15.8 Å². The summed E-state index contributed by atoms with van der Waals surface area (Å²) in [6, 6.07) is 4.43. The highest BCUT2D eigenvalue weighted by molar-refractivity contribution is 6.31. The van der Waals surface area contributed by atoms with Crippen molar-refractivity contribution in [3.8, 4) is 5.69 Å². The topological polar surface area (TPSA) is 95.1 Å². The van der Waals surface area contributed by atoms with Crippen molar-refractivity contribution in [2.24, 2.45) is 5.73 Å². The number of anilines is 1. The van der Waals surface area contributed by atoms with Crippen molar-refractivity contribution in [1.82, 2.24) is 14.8 Å². The summed E-state index contributed by atoms with van der Waals surface area (Å²) in [6.45, 7) is 0.417. The van der Waals surface area contributed by atoms with E-state index < -0.39 is 6.04 Å². The molecule has 2 rings (SSSR count). The number of carbonyl (C=O) groups excluding carboxylic acids is 1. The van der Waals surface area contributed by atoms with Crippen LogP contribution in [0.4, 0.5) is 5.69 Å². The van der Waals surface area contributed by atoms with Crippen LogP contribution in [0.15, 0.2) is 30.9 Å². The average molecular weight is 310 g/mol. The molecule has 0 saturated carbocycles. The Kier molecular flexibility index (Phi) is 5.26. The van der Waals surface area contributed by atoms with Gasteiger partial charge in [-0.25, -0.2) is 9.67 Å². The largest absolute Gasteiger partial charge is 0.385 e. The molecule has 0 aliphatic heterocycles. The molecule has 0 fully saturated rings. The number of carbonyl (C=O) groups is 1. The Morgan fingerprint density at radius 2 is 2.38 bits per heavy atom. The van der Waals surface area contributed by atoms with E-state index in [1.165, 1.54) is 17.3 Å². The van der Waals surface area contributed by atoms with Crippen LogP contribution >= 0.6 is 11.6 Å². The monoisotopic (exact) mass is 309 g/mol. The van der Waals surface area contributed by atoms with Gasteiger partial charge in [0.2, 0.25) is 5.91 Å². The van der Waals surface area contributed by atoms with Crippen LogP contribution in [0, 0.1) is 0 Å². The third-order valence-corrected chi connectivity index (χ3v) is 3.09. The number of nitrogens with zero attached hydrogens (tertiary/aromatic N) is 3. The summed E-state index contributed by atoms with van der Waals surface area (Å²) in [5, 5.41) is 7.29. The van der Waals surface area contributed by atoms with Gasteiger partial charge in [0, 0.05) is 18.7 Å². The van der Waals surface area contributed by atoms with Crippen LogP contribution in [0.25, 0.3) is 5.69 Å². The summed E-state index contributed by atoms with van der Waals surface area (Å²) < 4.78 is 6.45. The Hall–Kier alpha value is -1.96. The van der Waals surface area contributed by atoms with E-state index in [0.717, 1.165) is 0 Å². The molecule has 0 aliphatic carbocycles. The first-order chi connectivity index (χ1) is 10.1. The number of nitrogens with one attached hydrogen (secondary N) is 1. The molecular formula is C13H16ClN5O2. The molecule has 0 aliphatic rings. The van der Waals surface area contributed by atoms with Gasteiger partial charge in [0.25, 0.3) is 0 Å². The predicted octanol–water partition coefficient (Wildman–Crippen LogP) is 1.22. The first kappa shape index (κ1) is 15.4. The Labute approximate surface area is 127 Å². The van der Waals surface area contributed by atoms with E-state index in [0.29, 0.717) is 29.4 Å². The molecule has 3 N–H and O–H groups in total. The van der Waals surface area contributed by atoms with Gasteiger partial charge in [-0.2, -0.15) is 5.10 Å². The lowest BCUT2D eigenvalue weighted by Gasteiger charge is -2.14. The maximum Gasteiger partial charge on any atom is 0.241 e.